The molecule has 0 unspecified atom stereocenters. The van der Waals surface area contributed by atoms with E-state index in [1.807, 2.05) is 48.8 Å². The van der Waals surface area contributed by atoms with Crippen molar-refractivity contribution in [3.63, 3.8) is 0 Å². The van der Waals surface area contributed by atoms with Crippen LogP contribution >= 0.6 is 11.6 Å². The van der Waals surface area contributed by atoms with E-state index in [1.165, 1.54) is 5.69 Å². The maximum absolute atomic E-state index is 11.3. The average Bonchev–Trinajstić information content (AvgIpc) is 3.27. The normalized spacial score (nSPS) is 14.8. The Hall–Kier alpha value is -3.29. The van der Waals surface area contributed by atoms with Crippen LogP contribution in [-0.4, -0.2) is 57.3 Å². The Morgan fingerprint density at radius 1 is 1.00 bits per heavy atom. The highest BCUT2D eigenvalue weighted by Gasteiger charge is 2.20. The van der Waals surface area contributed by atoms with Gasteiger partial charge in [0.05, 0.1) is 23.1 Å². The topological polar surface area (TPSA) is 67.2 Å². The van der Waals surface area contributed by atoms with Crippen LogP contribution in [0.3, 0.4) is 0 Å². The number of carbonyl (C=O) groups is 1. The van der Waals surface area contributed by atoms with Crippen LogP contribution in [0.5, 0.6) is 0 Å². The third kappa shape index (κ3) is 4.02. The smallest absolute Gasteiger partial charge is 0.152 e. The minimum absolute atomic E-state index is 0.596. The number of fused-ring (bicyclic) bond motifs is 1. The van der Waals surface area contributed by atoms with Gasteiger partial charge in [-0.25, -0.2) is 4.68 Å². The molecule has 3 heterocycles. The lowest BCUT2D eigenvalue weighted by molar-refractivity contribution is 0.112. The lowest BCUT2D eigenvalue weighted by Crippen LogP contribution is -2.46. The number of pyridine rings is 1. The maximum atomic E-state index is 11.3. The molecule has 156 valence electrons. The molecule has 0 atom stereocenters. The Morgan fingerprint density at radius 3 is 2.68 bits per heavy atom. The second kappa shape index (κ2) is 8.45. The van der Waals surface area contributed by atoms with Crippen molar-refractivity contribution in [3.05, 3.63) is 77.2 Å². The number of carbonyl (C=O) groups excluding carboxylic acids is 1. The van der Waals surface area contributed by atoms with E-state index in [0.29, 0.717) is 10.6 Å². The molecule has 4 aromatic rings. The van der Waals surface area contributed by atoms with Gasteiger partial charge in [0, 0.05) is 60.6 Å². The second-order valence-electron chi connectivity index (χ2n) is 7.59. The fraction of sp³-hybridized carbons (Fsp3) is 0.217. The molecule has 0 aliphatic carbocycles. The summed E-state index contributed by atoms with van der Waals surface area (Å²) in [6, 6.07) is 15.3. The van der Waals surface area contributed by atoms with Crippen LogP contribution in [-0.2, 0) is 6.54 Å². The number of nitrogens with zero attached hydrogens (tertiary/aromatic N) is 6. The van der Waals surface area contributed by atoms with Crippen LogP contribution in [0.25, 0.3) is 16.6 Å². The van der Waals surface area contributed by atoms with Crippen LogP contribution in [0.1, 0.15) is 16.1 Å². The molecular formula is C23H21ClN6O. The summed E-state index contributed by atoms with van der Waals surface area (Å²) in [6.45, 7) is 4.42. The number of halogens is 1. The number of rotatable bonds is 5. The Labute approximate surface area is 184 Å². The van der Waals surface area contributed by atoms with Crippen LogP contribution in [0.2, 0.25) is 5.02 Å². The SMILES string of the molecule is O=Cc1ccccc1-n1cc(CN2CCN(c3ccnc4cc(Cl)ccc34)CC2)nn1. The molecule has 8 heteroatoms. The van der Waals surface area contributed by atoms with Crippen LogP contribution in [0.4, 0.5) is 5.69 Å². The first-order valence-corrected chi connectivity index (χ1v) is 10.6. The highest BCUT2D eigenvalue weighted by Crippen LogP contribution is 2.28. The molecule has 0 spiro atoms. The predicted molar refractivity (Wildman–Crippen MR) is 121 cm³/mol. The largest absolute Gasteiger partial charge is 0.368 e. The van der Waals surface area contributed by atoms with Crippen molar-refractivity contribution in [1.29, 1.82) is 0 Å². The van der Waals surface area contributed by atoms with Crippen molar-refractivity contribution in [3.8, 4) is 5.69 Å². The van der Waals surface area contributed by atoms with Gasteiger partial charge in [-0.2, -0.15) is 0 Å². The summed E-state index contributed by atoms with van der Waals surface area (Å²) in [7, 11) is 0. The molecule has 7 nitrogen and oxygen atoms in total. The van der Waals surface area contributed by atoms with Gasteiger partial charge < -0.3 is 4.90 Å². The van der Waals surface area contributed by atoms with E-state index >= 15 is 0 Å². The highest BCUT2D eigenvalue weighted by atomic mass is 35.5. The minimum atomic E-state index is 0.596. The van der Waals surface area contributed by atoms with Crippen molar-refractivity contribution >= 4 is 34.5 Å². The molecule has 1 saturated heterocycles. The molecule has 1 aliphatic heterocycles. The van der Waals surface area contributed by atoms with E-state index in [2.05, 4.69) is 31.2 Å². The van der Waals surface area contributed by atoms with Crippen molar-refractivity contribution in [2.24, 2.45) is 0 Å². The third-order valence-corrected chi connectivity index (χ3v) is 5.87. The maximum Gasteiger partial charge on any atom is 0.152 e. The van der Waals surface area contributed by atoms with Crippen molar-refractivity contribution in [2.45, 2.75) is 6.54 Å². The number of hydrogen-bond acceptors (Lipinski definition) is 6. The molecule has 5 rings (SSSR count). The van der Waals surface area contributed by atoms with Crippen molar-refractivity contribution < 1.29 is 4.79 Å². The number of aldehydes is 1. The summed E-state index contributed by atoms with van der Waals surface area (Å²) < 4.78 is 1.67. The van der Waals surface area contributed by atoms with Gasteiger partial charge in [-0.3, -0.25) is 14.7 Å². The molecule has 0 N–H and O–H groups in total. The second-order valence-corrected chi connectivity index (χ2v) is 8.02. The zero-order valence-corrected chi connectivity index (χ0v) is 17.6. The minimum Gasteiger partial charge on any atom is -0.368 e. The molecule has 31 heavy (non-hydrogen) atoms. The number of para-hydroxylation sites is 1. The van der Waals surface area contributed by atoms with E-state index < -0.39 is 0 Å². The molecule has 2 aromatic heterocycles. The molecule has 0 amide bonds. The summed E-state index contributed by atoms with van der Waals surface area (Å²) in [5.41, 5.74) is 4.33. The number of benzene rings is 2. The van der Waals surface area contributed by atoms with E-state index in [0.717, 1.165) is 61.3 Å². The van der Waals surface area contributed by atoms with E-state index in [1.54, 1.807) is 10.7 Å². The van der Waals surface area contributed by atoms with Crippen LogP contribution < -0.4 is 4.90 Å². The molecular weight excluding hydrogens is 412 g/mol. The third-order valence-electron chi connectivity index (χ3n) is 5.63. The molecule has 0 bridgehead atoms. The molecule has 2 aromatic carbocycles. The highest BCUT2D eigenvalue weighted by molar-refractivity contribution is 6.31. The van der Waals surface area contributed by atoms with Gasteiger partial charge in [0.25, 0.3) is 0 Å². The van der Waals surface area contributed by atoms with Crippen molar-refractivity contribution in [1.82, 2.24) is 24.9 Å². The summed E-state index contributed by atoms with van der Waals surface area (Å²) in [5.74, 6) is 0. The summed E-state index contributed by atoms with van der Waals surface area (Å²) in [4.78, 5) is 20.5. The van der Waals surface area contributed by atoms with Gasteiger partial charge in [-0.05, 0) is 36.4 Å². The Kier molecular flexibility index (Phi) is 5.36. The summed E-state index contributed by atoms with van der Waals surface area (Å²) in [5, 5.41) is 10.3. The number of aromatic nitrogens is 4. The number of hydrogen-bond donors (Lipinski definition) is 0. The summed E-state index contributed by atoms with van der Waals surface area (Å²) >= 11 is 6.12. The van der Waals surface area contributed by atoms with Crippen LogP contribution in [0.15, 0.2) is 60.9 Å². The van der Waals surface area contributed by atoms with Gasteiger partial charge in [0.1, 0.15) is 0 Å². The zero-order valence-electron chi connectivity index (χ0n) is 16.9. The van der Waals surface area contributed by atoms with Gasteiger partial charge in [-0.1, -0.05) is 28.9 Å². The summed E-state index contributed by atoms with van der Waals surface area (Å²) in [6.07, 6.45) is 4.58. The molecule has 1 aliphatic rings. The Morgan fingerprint density at radius 2 is 1.84 bits per heavy atom. The average molecular weight is 433 g/mol. The van der Waals surface area contributed by atoms with Gasteiger partial charge in [0.15, 0.2) is 6.29 Å². The first kappa shape index (κ1) is 19.7. The first-order valence-electron chi connectivity index (χ1n) is 10.2. The fourth-order valence-corrected chi connectivity index (χ4v) is 4.21. The molecule has 1 fully saturated rings. The zero-order chi connectivity index (χ0) is 21.2. The number of anilines is 1. The van der Waals surface area contributed by atoms with E-state index in [4.69, 9.17) is 11.6 Å². The molecule has 0 radical (unpaired) electrons. The first-order chi connectivity index (χ1) is 15.2. The van der Waals surface area contributed by atoms with Gasteiger partial charge >= 0.3 is 0 Å². The van der Waals surface area contributed by atoms with E-state index in [-0.39, 0.29) is 0 Å². The lowest BCUT2D eigenvalue weighted by atomic mass is 10.1. The standard InChI is InChI=1S/C23H21ClN6O/c24-18-5-6-20-21(13-18)25-8-7-23(20)29-11-9-28(10-12-29)14-19-15-30(27-26-19)22-4-2-1-3-17(22)16-31/h1-8,13,15-16H,9-12,14H2. The quantitative estimate of drug-likeness (QED) is 0.449. The predicted octanol–water partition coefficient (Wildman–Crippen LogP) is 3.60. The van der Waals surface area contributed by atoms with Crippen molar-refractivity contribution in [2.75, 3.05) is 31.1 Å². The Bertz CT molecular complexity index is 1230. The molecule has 0 saturated carbocycles. The Balaban J connectivity index is 1.26. The number of piperazine rings is 1. The van der Waals surface area contributed by atoms with Gasteiger partial charge in [0.2, 0.25) is 0 Å². The fourth-order valence-electron chi connectivity index (χ4n) is 4.04. The van der Waals surface area contributed by atoms with Gasteiger partial charge in [-0.15, -0.1) is 5.10 Å². The monoisotopic (exact) mass is 432 g/mol. The lowest BCUT2D eigenvalue weighted by Gasteiger charge is -2.36. The van der Waals surface area contributed by atoms with Crippen LogP contribution in [0, 0.1) is 0 Å². The van der Waals surface area contributed by atoms with E-state index in [9.17, 15) is 4.79 Å².